The van der Waals surface area contributed by atoms with Gasteiger partial charge in [-0.3, -0.25) is 9.59 Å². The van der Waals surface area contributed by atoms with Gasteiger partial charge < -0.3 is 10.6 Å². The van der Waals surface area contributed by atoms with E-state index in [4.69, 9.17) is 0 Å². The molecule has 1 fully saturated rings. The van der Waals surface area contributed by atoms with Crippen molar-refractivity contribution in [1.29, 1.82) is 0 Å². The number of nitrogens with one attached hydrogen (secondary N) is 2. The number of carbonyl (C=O) groups excluding carboxylic acids is 2. The van der Waals surface area contributed by atoms with E-state index in [1.807, 2.05) is 43.5 Å². The second-order valence-corrected chi connectivity index (χ2v) is 8.47. The van der Waals surface area contributed by atoms with E-state index in [2.05, 4.69) is 10.6 Å². The first kappa shape index (κ1) is 20.3. The van der Waals surface area contributed by atoms with Crippen molar-refractivity contribution in [2.24, 2.45) is 0 Å². The molecule has 0 atom stereocenters. The van der Waals surface area contributed by atoms with Crippen LogP contribution in [0.1, 0.15) is 64.9 Å². The third kappa shape index (κ3) is 5.55. The first-order valence-corrected chi connectivity index (χ1v) is 10.9. The lowest BCUT2D eigenvalue weighted by molar-refractivity contribution is -0.118. The van der Waals surface area contributed by atoms with Crippen LogP contribution in [0, 0.1) is 13.8 Å². The predicted octanol–water partition coefficient (Wildman–Crippen LogP) is 4.97. The molecule has 2 N–H and O–H groups in total. The number of amides is 2. The summed E-state index contributed by atoms with van der Waals surface area (Å²) >= 11 is 1.54. The Labute approximate surface area is 171 Å². The third-order valence-corrected chi connectivity index (χ3v) is 6.10. The highest BCUT2D eigenvalue weighted by atomic mass is 32.1. The second kappa shape index (κ2) is 9.69. The zero-order chi connectivity index (χ0) is 19.9. The quantitative estimate of drug-likeness (QED) is 0.553. The number of hydrogen-bond acceptors (Lipinski definition) is 3. The first-order chi connectivity index (χ1) is 13.5. The molecule has 0 bridgehead atoms. The number of carbonyl (C=O) groups is 2. The van der Waals surface area contributed by atoms with Gasteiger partial charge >= 0.3 is 0 Å². The lowest BCUT2D eigenvalue weighted by Crippen LogP contribution is -2.40. The van der Waals surface area contributed by atoms with Crippen molar-refractivity contribution >= 4 is 29.2 Å². The Morgan fingerprint density at radius 2 is 1.79 bits per heavy atom. The van der Waals surface area contributed by atoms with Gasteiger partial charge in [0.2, 0.25) is 0 Å². The highest BCUT2D eigenvalue weighted by Crippen LogP contribution is 2.18. The molecule has 2 aromatic rings. The van der Waals surface area contributed by atoms with E-state index >= 15 is 0 Å². The molecule has 148 valence electrons. The van der Waals surface area contributed by atoms with Gasteiger partial charge in [-0.2, -0.15) is 0 Å². The van der Waals surface area contributed by atoms with Gasteiger partial charge in [0, 0.05) is 16.5 Å². The van der Waals surface area contributed by atoms with Crippen molar-refractivity contribution < 1.29 is 9.59 Å². The number of hydrogen-bond donors (Lipinski definition) is 2. The standard InChI is InChI=1S/C23H28N2O2S/c1-16-11-12-18(14-17(16)2)22(26)25-21(15-20-10-7-13-28-20)23(27)24-19-8-5-3-4-6-9-19/h7,10-15,19H,3-6,8-9H2,1-2H3,(H,24,27)(H,25,26). The van der Waals surface area contributed by atoms with Crippen LogP contribution in [0.25, 0.3) is 6.08 Å². The van der Waals surface area contributed by atoms with E-state index < -0.39 is 0 Å². The molecule has 3 rings (SSSR count). The van der Waals surface area contributed by atoms with Crippen LogP contribution in [-0.2, 0) is 4.79 Å². The maximum absolute atomic E-state index is 12.9. The largest absolute Gasteiger partial charge is 0.348 e. The van der Waals surface area contributed by atoms with Gasteiger partial charge in [-0.15, -0.1) is 11.3 Å². The third-order valence-electron chi connectivity index (χ3n) is 5.28. The lowest BCUT2D eigenvalue weighted by atomic mass is 10.1. The van der Waals surface area contributed by atoms with E-state index in [9.17, 15) is 9.59 Å². The maximum atomic E-state index is 12.9. The maximum Gasteiger partial charge on any atom is 0.268 e. The summed E-state index contributed by atoms with van der Waals surface area (Å²) in [4.78, 5) is 26.7. The summed E-state index contributed by atoms with van der Waals surface area (Å²) < 4.78 is 0. The average Bonchev–Trinajstić information content (AvgIpc) is 3.06. The highest BCUT2D eigenvalue weighted by molar-refractivity contribution is 7.10. The second-order valence-electron chi connectivity index (χ2n) is 7.49. The summed E-state index contributed by atoms with van der Waals surface area (Å²) in [5.74, 6) is -0.473. The normalized spacial score (nSPS) is 15.7. The van der Waals surface area contributed by atoms with E-state index in [0.29, 0.717) is 11.3 Å². The Bertz CT molecular complexity index is 847. The molecular formula is C23H28N2O2S. The summed E-state index contributed by atoms with van der Waals surface area (Å²) in [5.41, 5.74) is 3.05. The Kier molecular flexibility index (Phi) is 7.04. The minimum Gasteiger partial charge on any atom is -0.348 e. The molecule has 0 saturated heterocycles. The van der Waals surface area contributed by atoms with Crippen LogP contribution in [0.3, 0.4) is 0 Å². The van der Waals surface area contributed by atoms with Gasteiger partial charge in [-0.25, -0.2) is 0 Å². The highest BCUT2D eigenvalue weighted by Gasteiger charge is 2.20. The van der Waals surface area contributed by atoms with Crippen molar-refractivity contribution in [2.75, 3.05) is 0 Å². The van der Waals surface area contributed by atoms with Gasteiger partial charge in [0.15, 0.2) is 0 Å². The molecule has 2 amide bonds. The molecule has 0 spiro atoms. The van der Waals surface area contributed by atoms with Crippen molar-refractivity contribution in [2.45, 2.75) is 58.4 Å². The molecule has 1 aromatic carbocycles. The van der Waals surface area contributed by atoms with Crippen LogP contribution in [-0.4, -0.2) is 17.9 Å². The molecule has 4 nitrogen and oxygen atoms in total. The molecule has 1 saturated carbocycles. The molecule has 0 unspecified atom stereocenters. The topological polar surface area (TPSA) is 58.2 Å². The fourth-order valence-electron chi connectivity index (χ4n) is 3.44. The van der Waals surface area contributed by atoms with Crippen LogP contribution < -0.4 is 10.6 Å². The summed E-state index contributed by atoms with van der Waals surface area (Å²) in [6.45, 7) is 3.99. The average molecular weight is 397 g/mol. The molecule has 1 aromatic heterocycles. The van der Waals surface area contributed by atoms with Crippen molar-refractivity contribution in [3.8, 4) is 0 Å². The SMILES string of the molecule is Cc1ccc(C(=O)NC(=Cc2cccs2)C(=O)NC2CCCCCC2)cc1C. The number of thiophene rings is 1. The molecular weight excluding hydrogens is 368 g/mol. The fourth-order valence-corrected chi connectivity index (χ4v) is 4.10. The molecule has 1 aliphatic carbocycles. The predicted molar refractivity (Wildman–Crippen MR) is 115 cm³/mol. The zero-order valence-corrected chi connectivity index (χ0v) is 17.4. The van der Waals surface area contributed by atoms with E-state index in [1.54, 1.807) is 12.1 Å². The monoisotopic (exact) mass is 396 g/mol. The Morgan fingerprint density at radius 3 is 2.43 bits per heavy atom. The van der Waals surface area contributed by atoms with Crippen LogP contribution in [0.2, 0.25) is 0 Å². The molecule has 0 radical (unpaired) electrons. The van der Waals surface area contributed by atoms with Crippen molar-refractivity contribution in [1.82, 2.24) is 10.6 Å². The summed E-state index contributed by atoms with van der Waals surface area (Å²) in [6, 6.07) is 9.63. The van der Waals surface area contributed by atoms with Crippen molar-refractivity contribution in [3.63, 3.8) is 0 Å². The lowest BCUT2D eigenvalue weighted by Gasteiger charge is -2.18. The summed E-state index contributed by atoms with van der Waals surface area (Å²) in [7, 11) is 0. The Hall–Kier alpha value is -2.40. The number of rotatable bonds is 5. The number of benzene rings is 1. The van der Waals surface area contributed by atoms with Gasteiger partial charge in [0.25, 0.3) is 11.8 Å². The Balaban J connectivity index is 1.77. The van der Waals surface area contributed by atoms with Gasteiger partial charge in [-0.1, -0.05) is 37.8 Å². The summed E-state index contributed by atoms with van der Waals surface area (Å²) in [5, 5.41) is 7.93. The smallest absolute Gasteiger partial charge is 0.268 e. The molecule has 1 aliphatic rings. The van der Waals surface area contributed by atoms with E-state index in [0.717, 1.165) is 41.7 Å². The molecule has 1 heterocycles. The van der Waals surface area contributed by atoms with Crippen LogP contribution in [0.4, 0.5) is 0 Å². The van der Waals surface area contributed by atoms with Crippen LogP contribution >= 0.6 is 11.3 Å². The van der Waals surface area contributed by atoms with Gasteiger partial charge in [-0.05, 0) is 67.5 Å². The Morgan fingerprint density at radius 1 is 1.04 bits per heavy atom. The first-order valence-electron chi connectivity index (χ1n) is 9.97. The minimum atomic E-state index is -0.262. The van der Waals surface area contributed by atoms with E-state index in [-0.39, 0.29) is 17.9 Å². The summed E-state index contributed by atoms with van der Waals surface area (Å²) in [6.07, 6.45) is 8.51. The molecule has 5 heteroatoms. The molecule has 0 aliphatic heterocycles. The zero-order valence-electron chi connectivity index (χ0n) is 16.6. The van der Waals surface area contributed by atoms with Crippen molar-refractivity contribution in [3.05, 3.63) is 63.0 Å². The molecule has 28 heavy (non-hydrogen) atoms. The fraction of sp³-hybridized carbons (Fsp3) is 0.391. The van der Waals surface area contributed by atoms with Crippen LogP contribution in [0.15, 0.2) is 41.4 Å². The minimum absolute atomic E-state index is 0.181. The van der Waals surface area contributed by atoms with Gasteiger partial charge in [0.05, 0.1) is 0 Å². The van der Waals surface area contributed by atoms with E-state index in [1.165, 1.54) is 24.2 Å². The van der Waals surface area contributed by atoms with Crippen LogP contribution in [0.5, 0.6) is 0 Å². The number of aryl methyl sites for hydroxylation is 2. The van der Waals surface area contributed by atoms with Gasteiger partial charge in [0.1, 0.15) is 5.70 Å².